The molecule has 158 valence electrons. The van der Waals surface area contributed by atoms with Crippen molar-refractivity contribution < 1.29 is 9.47 Å². The molecule has 0 spiro atoms. The molecule has 2 aliphatic rings. The molecule has 0 radical (unpaired) electrons. The smallest absolute Gasteiger partial charge is 0.190 e. The lowest BCUT2D eigenvalue weighted by atomic mass is 10.1. The molecule has 28 heavy (non-hydrogen) atoms. The molecule has 1 aliphatic heterocycles. The molecule has 1 heterocycles. The Morgan fingerprint density at radius 2 is 2.00 bits per heavy atom. The second-order valence-electron chi connectivity index (χ2n) is 7.52. The van der Waals surface area contributed by atoms with Crippen LogP contribution in [0.2, 0.25) is 0 Å². The van der Waals surface area contributed by atoms with Gasteiger partial charge in [0.2, 0.25) is 0 Å². The Morgan fingerprint density at radius 1 is 1.18 bits per heavy atom. The van der Waals surface area contributed by atoms with E-state index in [1.54, 1.807) is 7.11 Å². The summed E-state index contributed by atoms with van der Waals surface area (Å²) in [5, 5.41) is 6.85. The van der Waals surface area contributed by atoms with Gasteiger partial charge in [-0.2, -0.15) is 0 Å². The third kappa shape index (κ3) is 7.31. The van der Waals surface area contributed by atoms with Crippen molar-refractivity contribution in [3.05, 3.63) is 24.3 Å². The molecule has 6 nitrogen and oxygen atoms in total. The number of para-hydroxylation sites is 2. The largest absolute Gasteiger partial charge is 0.495 e. The number of guanidine groups is 1. The molecule has 2 fully saturated rings. The lowest BCUT2D eigenvalue weighted by Gasteiger charge is -2.21. The lowest BCUT2D eigenvalue weighted by molar-refractivity contribution is 0.123. The third-order valence-electron chi connectivity index (χ3n) is 5.30. The summed E-state index contributed by atoms with van der Waals surface area (Å²) in [6, 6.07) is 8.26. The number of halogens is 1. The lowest BCUT2D eigenvalue weighted by Crippen LogP contribution is -2.40. The summed E-state index contributed by atoms with van der Waals surface area (Å²) in [7, 11) is 3.56. The van der Waals surface area contributed by atoms with Gasteiger partial charge in [0.15, 0.2) is 5.96 Å². The predicted molar refractivity (Wildman–Crippen MR) is 126 cm³/mol. The van der Waals surface area contributed by atoms with Gasteiger partial charge < -0.3 is 25.0 Å². The molecular weight excluding hydrogens is 467 g/mol. The fourth-order valence-corrected chi connectivity index (χ4v) is 3.49. The van der Waals surface area contributed by atoms with Crippen LogP contribution in [0, 0.1) is 11.8 Å². The number of benzene rings is 1. The molecule has 0 bridgehead atoms. The highest BCUT2D eigenvalue weighted by molar-refractivity contribution is 14.0. The van der Waals surface area contributed by atoms with Crippen LogP contribution < -0.4 is 20.3 Å². The highest BCUT2D eigenvalue weighted by atomic mass is 127. The maximum Gasteiger partial charge on any atom is 0.190 e. The Labute approximate surface area is 186 Å². The van der Waals surface area contributed by atoms with E-state index in [0.29, 0.717) is 5.92 Å². The number of ether oxygens (including phenoxy) is 2. The summed E-state index contributed by atoms with van der Waals surface area (Å²) in [5.74, 6) is 3.28. The van der Waals surface area contributed by atoms with Crippen molar-refractivity contribution in [2.75, 3.05) is 58.5 Å². The summed E-state index contributed by atoms with van der Waals surface area (Å²) in [5.41, 5.74) is 1.19. The van der Waals surface area contributed by atoms with Crippen molar-refractivity contribution in [1.82, 2.24) is 10.6 Å². The van der Waals surface area contributed by atoms with Gasteiger partial charge in [0.1, 0.15) is 5.75 Å². The first-order valence-electron chi connectivity index (χ1n) is 10.2. The van der Waals surface area contributed by atoms with E-state index in [1.165, 1.54) is 24.9 Å². The molecule has 1 saturated heterocycles. The maximum absolute atomic E-state index is 5.67. The van der Waals surface area contributed by atoms with Crippen LogP contribution in [-0.4, -0.2) is 59.5 Å². The first-order valence-corrected chi connectivity index (χ1v) is 10.2. The van der Waals surface area contributed by atoms with Crippen molar-refractivity contribution >= 4 is 35.6 Å². The second kappa shape index (κ2) is 12.4. The van der Waals surface area contributed by atoms with Crippen LogP contribution in [-0.2, 0) is 4.74 Å². The molecule has 1 aromatic carbocycles. The number of anilines is 1. The van der Waals surface area contributed by atoms with Gasteiger partial charge in [-0.25, -0.2) is 0 Å². The minimum absolute atomic E-state index is 0. The molecule has 1 atom stereocenters. The van der Waals surface area contributed by atoms with Crippen molar-refractivity contribution in [1.29, 1.82) is 0 Å². The highest BCUT2D eigenvalue weighted by Crippen LogP contribution is 2.31. The summed E-state index contributed by atoms with van der Waals surface area (Å²) in [6.45, 7) is 5.71. The van der Waals surface area contributed by atoms with Crippen LogP contribution in [0.3, 0.4) is 0 Å². The standard InChI is InChI=1S/C21H34N4O2.HI/c1-22-21(23-11-5-13-27-16-17-8-9-17)24-14-18-10-12-25(15-18)19-6-3-4-7-20(19)26-2;/h3-4,6-7,17-18H,5,8-16H2,1-2H3,(H2,22,23,24);1H. The van der Waals surface area contributed by atoms with E-state index in [0.717, 1.165) is 63.4 Å². The molecule has 1 unspecified atom stereocenters. The minimum Gasteiger partial charge on any atom is -0.495 e. The van der Waals surface area contributed by atoms with Gasteiger partial charge in [-0.05, 0) is 49.7 Å². The summed E-state index contributed by atoms with van der Waals surface area (Å²) < 4.78 is 11.2. The van der Waals surface area contributed by atoms with Crippen molar-refractivity contribution in [3.8, 4) is 5.75 Å². The molecule has 0 amide bonds. The van der Waals surface area contributed by atoms with Crippen molar-refractivity contribution in [2.24, 2.45) is 16.8 Å². The fourth-order valence-electron chi connectivity index (χ4n) is 3.49. The Kier molecular flexibility index (Phi) is 10.2. The Hall–Kier alpha value is -1.22. The summed E-state index contributed by atoms with van der Waals surface area (Å²) in [6.07, 6.45) is 4.89. The van der Waals surface area contributed by atoms with Crippen LogP contribution in [0.1, 0.15) is 25.7 Å². The van der Waals surface area contributed by atoms with Gasteiger partial charge in [-0.3, -0.25) is 4.99 Å². The van der Waals surface area contributed by atoms with E-state index in [-0.39, 0.29) is 24.0 Å². The molecule has 0 aromatic heterocycles. The van der Waals surface area contributed by atoms with Crippen LogP contribution in [0.4, 0.5) is 5.69 Å². The number of methoxy groups -OCH3 is 1. The van der Waals surface area contributed by atoms with E-state index in [9.17, 15) is 0 Å². The van der Waals surface area contributed by atoms with Crippen molar-refractivity contribution in [2.45, 2.75) is 25.7 Å². The zero-order valence-electron chi connectivity index (χ0n) is 17.2. The maximum atomic E-state index is 5.67. The summed E-state index contributed by atoms with van der Waals surface area (Å²) >= 11 is 0. The second-order valence-corrected chi connectivity index (χ2v) is 7.52. The van der Waals surface area contributed by atoms with Crippen LogP contribution >= 0.6 is 24.0 Å². The SMILES string of the molecule is CN=C(NCCCOCC1CC1)NCC1CCN(c2ccccc2OC)C1.I. The van der Waals surface area contributed by atoms with Gasteiger partial charge in [-0.15, -0.1) is 24.0 Å². The number of rotatable bonds is 10. The average Bonchev–Trinajstić information content (AvgIpc) is 3.42. The van der Waals surface area contributed by atoms with Gasteiger partial charge >= 0.3 is 0 Å². The molecule has 1 aliphatic carbocycles. The molecular formula is C21H35IN4O2. The Balaban J connectivity index is 0.00000280. The van der Waals surface area contributed by atoms with Crippen LogP contribution in [0.5, 0.6) is 5.75 Å². The first-order chi connectivity index (χ1) is 13.3. The molecule has 1 aromatic rings. The van der Waals surface area contributed by atoms with Crippen molar-refractivity contribution in [3.63, 3.8) is 0 Å². The average molecular weight is 502 g/mol. The van der Waals surface area contributed by atoms with Crippen LogP contribution in [0.25, 0.3) is 0 Å². The Morgan fingerprint density at radius 3 is 2.75 bits per heavy atom. The minimum atomic E-state index is 0. The quantitative estimate of drug-likeness (QED) is 0.223. The van der Waals surface area contributed by atoms with E-state index < -0.39 is 0 Å². The van der Waals surface area contributed by atoms with Gasteiger partial charge in [-0.1, -0.05) is 12.1 Å². The number of aliphatic imine (C=N–C) groups is 1. The monoisotopic (exact) mass is 502 g/mol. The Bertz CT molecular complexity index is 610. The zero-order chi connectivity index (χ0) is 18.9. The van der Waals surface area contributed by atoms with E-state index in [4.69, 9.17) is 9.47 Å². The first kappa shape index (κ1) is 23.1. The molecule has 1 saturated carbocycles. The normalized spacial score (nSPS) is 19.3. The van der Waals surface area contributed by atoms with Gasteiger partial charge in [0.05, 0.1) is 12.8 Å². The van der Waals surface area contributed by atoms with Crippen LogP contribution in [0.15, 0.2) is 29.3 Å². The topological polar surface area (TPSA) is 58.1 Å². The molecule has 2 N–H and O–H groups in total. The number of nitrogens with one attached hydrogen (secondary N) is 2. The number of nitrogens with zero attached hydrogens (tertiary/aromatic N) is 2. The number of hydrogen-bond acceptors (Lipinski definition) is 4. The fraction of sp³-hybridized carbons (Fsp3) is 0.667. The van der Waals surface area contributed by atoms with E-state index >= 15 is 0 Å². The third-order valence-corrected chi connectivity index (χ3v) is 5.30. The summed E-state index contributed by atoms with van der Waals surface area (Å²) in [4.78, 5) is 6.74. The van der Waals surface area contributed by atoms with E-state index in [2.05, 4.69) is 32.7 Å². The van der Waals surface area contributed by atoms with Gasteiger partial charge in [0.25, 0.3) is 0 Å². The highest BCUT2D eigenvalue weighted by Gasteiger charge is 2.24. The molecule has 3 rings (SSSR count). The predicted octanol–water partition coefficient (Wildman–Crippen LogP) is 3.12. The molecule has 7 heteroatoms. The van der Waals surface area contributed by atoms with Gasteiger partial charge in [0, 0.05) is 46.4 Å². The van der Waals surface area contributed by atoms with E-state index in [1.807, 2.05) is 19.2 Å². The zero-order valence-corrected chi connectivity index (χ0v) is 19.5. The number of hydrogen-bond donors (Lipinski definition) is 2.